The molecule has 0 atom stereocenters. The van der Waals surface area contributed by atoms with Gasteiger partial charge in [-0.1, -0.05) is 27.5 Å². The number of carbonyl (C=O) groups is 1. The molecule has 0 bridgehead atoms. The SMILES string of the molecule is O=C(Nc1ccc(Br)cc1)c1cc(Cl)cc(Br)c1S. The maximum Gasteiger partial charge on any atom is 0.256 e. The fourth-order valence-electron chi connectivity index (χ4n) is 1.47. The molecule has 19 heavy (non-hydrogen) atoms. The van der Waals surface area contributed by atoms with Gasteiger partial charge in [-0.2, -0.15) is 0 Å². The van der Waals surface area contributed by atoms with Gasteiger partial charge in [-0.3, -0.25) is 4.79 Å². The van der Waals surface area contributed by atoms with E-state index in [1.54, 1.807) is 24.3 Å². The number of halogens is 3. The van der Waals surface area contributed by atoms with E-state index in [2.05, 4.69) is 49.8 Å². The van der Waals surface area contributed by atoms with Crippen molar-refractivity contribution in [2.45, 2.75) is 4.90 Å². The predicted molar refractivity (Wildman–Crippen MR) is 88.5 cm³/mol. The Morgan fingerprint density at radius 2 is 1.79 bits per heavy atom. The van der Waals surface area contributed by atoms with Gasteiger partial charge in [0.25, 0.3) is 5.91 Å². The van der Waals surface area contributed by atoms with Crippen molar-refractivity contribution < 1.29 is 4.79 Å². The van der Waals surface area contributed by atoms with Crippen molar-refractivity contribution in [3.63, 3.8) is 0 Å². The van der Waals surface area contributed by atoms with E-state index in [0.29, 0.717) is 25.6 Å². The lowest BCUT2D eigenvalue weighted by molar-refractivity contribution is 0.102. The molecule has 1 amide bonds. The number of carbonyl (C=O) groups excluding carboxylic acids is 1. The van der Waals surface area contributed by atoms with Crippen molar-refractivity contribution >= 4 is 67.7 Å². The molecule has 2 rings (SSSR count). The van der Waals surface area contributed by atoms with Crippen LogP contribution in [0, 0.1) is 0 Å². The van der Waals surface area contributed by atoms with Crippen LogP contribution >= 0.6 is 56.1 Å². The van der Waals surface area contributed by atoms with E-state index in [-0.39, 0.29) is 5.91 Å². The van der Waals surface area contributed by atoms with Crippen LogP contribution in [0.15, 0.2) is 50.2 Å². The van der Waals surface area contributed by atoms with Crippen LogP contribution in [0.4, 0.5) is 5.69 Å². The molecular formula is C13H8Br2ClNOS. The normalized spacial score (nSPS) is 10.3. The molecule has 0 aliphatic carbocycles. The Morgan fingerprint density at radius 1 is 1.16 bits per heavy atom. The standard InChI is InChI=1S/C13H8Br2ClNOS/c14-7-1-3-9(4-2-7)17-13(18)10-5-8(16)6-11(15)12(10)19/h1-6,19H,(H,17,18). The average molecular weight is 422 g/mol. The zero-order valence-corrected chi connectivity index (χ0v) is 14.3. The molecule has 0 fully saturated rings. The Morgan fingerprint density at radius 3 is 2.42 bits per heavy atom. The van der Waals surface area contributed by atoms with Gasteiger partial charge in [-0.15, -0.1) is 12.6 Å². The first-order valence-electron chi connectivity index (χ1n) is 5.22. The third-order valence-electron chi connectivity index (χ3n) is 2.37. The monoisotopic (exact) mass is 419 g/mol. The molecule has 98 valence electrons. The lowest BCUT2D eigenvalue weighted by Gasteiger charge is -2.09. The van der Waals surface area contributed by atoms with Crippen molar-refractivity contribution in [1.29, 1.82) is 0 Å². The lowest BCUT2D eigenvalue weighted by atomic mass is 10.2. The maximum absolute atomic E-state index is 12.2. The molecule has 2 nitrogen and oxygen atoms in total. The highest BCUT2D eigenvalue weighted by atomic mass is 79.9. The summed E-state index contributed by atoms with van der Waals surface area (Å²) in [6.07, 6.45) is 0. The Labute approximate surface area is 138 Å². The molecule has 2 aromatic carbocycles. The van der Waals surface area contributed by atoms with Crippen LogP contribution in [0.25, 0.3) is 0 Å². The fourth-order valence-corrected chi connectivity index (χ4v) is 2.78. The van der Waals surface area contributed by atoms with Gasteiger partial charge in [0.05, 0.1) is 5.56 Å². The van der Waals surface area contributed by atoms with Gasteiger partial charge < -0.3 is 5.32 Å². The third-order valence-corrected chi connectivity index (χ3v) is 4.54. The minimum atomic E-state index is -0.254. The number of hydrogen-bond acceptors (Lipinski definition) is 2. The summed E-state index contributed by atoms with van der Waals surface area (Å²) in [5.74, 6) is -0.254. The summed E-state index contributed by atoms with van der Waals surface area (Å²) in [5, 5.41) is 3.27. The van der Waals surface area contributed by atoms with E-state index >= 15 is 0 Å². The first-order valence-corrected chi connectivity index (χ1v) is 7.63. The third kappa shape index (κ3) is 3.75. The number of hydrogen-bond donors (Lipinski definition) is 2. The topological polar surface area (TPSA) is 29.1 Å². The van der Waals surface area contributed by atoms with Crippen LogP contribution < -0.4 is 5.32 Å². The van der Waals surface area contributed by atoms with Gasteiger partial charge in [-0.05, 0) is 52.3 Å². The second-order valence-corrected chi connectivity index (χ2v) is 6.40. The van der Waals surface area contributed by atoms with Gasteiger partial charge in [-0.25, -0.2) is 0 Å². The van der Waals surface area contributed by atoms with E-state index < -0.39 is 0 Å². The molecule has 0 unspecified atom stereocenters. The first kappa shape index (κ1) is 14.9. The van der Waals surface area contributed by atoms with Gasteiger partial charge in [0.15, 0.2) is 0 Å². The summed E-state index contributed by atoms with van der Waals surface area (Å²) in [5.41, 5.74) is 1.13. The number of amides is 1. The minimum Gasteiger partial charge on any atom is -0.322 e. The summed E-state index contributed by atoms with van der Waals surface area (Å²) in [6, 6.07) is 10.6. The van der Waals surface area contributed by atoms with Crippen molar-refractivity contribution in [1.82, 2.24) is 0 Å². The first-order chi connectivity index (χ1) is 8.97. The molecule has 0 heterocycles. The highest BCUT2D eigenvalue weighted by molar-refractivity contribution is 9.10. The van der Waals surface area contributed by atoms with E-state index in [0.717, 1.165) is 4.47 Å². The van der Waals surface area contributed by atoms with Gasteiger partial charge in [0.2, 0.25) is 0 Å². The second kappa shape index (κ2) is 6.31. The largest absolute Gasteiger partial charge is 0.322 e. The summed E-state index contributed by atoms with van der Waals surface area (Å²) in [6.45, 7) is 0. The van der Waals surface area contributed by atoms with Crippen LogP contribution in [0.2, 0.25) is 5.02 Å². The number of rotatable bonds is 2. The average Bonchev–Trinajstić information content (AvgIpc) is 2.36. The summed E-state index contributed by atoms with van der Waals surface area (Å²) < 4.78 is 1.63. The number of anilines is 1. The van der Waals surface area contributed by atoms with Crippen LogP contribution in [0.1, 0.15) is 10.4 Å². The number of benzene rings is 2. The van der Waals surface area contributed by atoms with E-state index in [4.69, 9.17) is 11.6 Å². The Balaban J connectivity index is 2.27. The Bertz CT molecular complexity index is 631. The predicted octanol–water partition coefficient (Wildman–Crippen LogP) is 5.41. The molecule has 0 saturated heterocycles. The molecule has 0 radical (unpaired) electrons. The number of nitrogens with one attached hydrogen (secondary N) is 1. The molecule has 0 aliphatic rings. The zero-order valence-electron chi connectivity index (χ0n) is 9.45. The van der Waals surface area contributed by atoms with Crippen molar-refractivity contribution in [3.8, 4) is 0 Å². The minimum absolute atomic E-state index is 0.254. The van der Waals surface area contributed by atoms with E-state index in [1.165, 1.54) is 0 Å². The summed E-state index contributed by atoms with van der Waals surface area (Å²) >= 11 is 16.9. The van der Waals surface area contributed by atoms with Crippen molar-refractivity contribution in [3.05, 3.63) is 55.9 Å². The van der Waals surface area contributed by atoms with Gasteiger partial charge in [0, 0.05) is 24.6 Å². The molecular weight excluding hydrogens is 413 g/mol. The second-order valence-electron chi connectivity index (χ2n) is 3.74. The molecule has 6 heteroatoms. The van der Waals surface area contributed by atoms with Crippen molar-refractivity contribution in [2.24, 2.45) is 0 Å². The smallest absolute Gasteiger partial charge is 0.256 e. The zero-order chi connectivity index (χ0) is 14.0. The number of thiol groups is 1. The molecule has 0 aromatic heterocycles. The van der Waals surface area contributed by atoms with Crippen molar-refractivity contribution in [2.75, 3.05) is 5.32 Å². The Hall–Kier alpha value is -0.490. The fraction of sp³-hybridized carbons (Fsp3) is 0. The highest BCUT2D eigenvalue weighted by Gasteiger charge is 2.13. The van der Waals surface area contributed by atoms with E-state index in [1.807, 2.05) is 12.1 Å². The van der Waals surface area contributed by atoms with Gasteiger partial charge >= 0.3 is 0 Å². The molecule has 2 aromatic rings. The van der Waals surface area contributed by atoms with Crippen LogP contribution in [-0.4, -0.2) is 5.91 Å². The molecule has 0 saturated carbocycles. The maximum atomic E-state index is 12.2. The van der Waals surface area contributed by atoms with Gasteiger partial charge in [0.1, 0.15) is 0 Å². The highest BCUT2D eigenvalue weighted by Crippen LogP contribution is 2.29. The van der Waals surface area contributed by atoms with Crippen LogP contribution in [-0.2, 0) is 0 Å². The lowest BCUT2D eigenvalue weighted by Crippen LogP contribution is -2.12. The summed E-state index contributed by atoms with van der Waals surface area (Å²) in [4.78, 5) is 12.7. The van der Waals surface area contributed by atoms with E-state index in [9.17, 15) is 4.79 Å². The molecule has 1 N–H and O–H groups in total. The quantitative estimate of drug-likeness (QED) is 0.624. The Kier molecular flexibility index (Phi) is 4.95. The van der Waals surface area contributed by atoms with Crippen LogP contribution in [0.5, 0.6) is 0 Å². The molecule has 0 spiro atoms. The van der Waals surface area contributed by atoms with Crippen LogP contribution in [0.3, 0.4) is 0 Å². The summed E-state index contributed by atoms with van der Waals surface area (Å²) in [7, 11) is 0. The molecule has 0 aliphatic heterocycles.